The molecular formula is C12H14BrNO4S. The van der Waals surface area contributed by atoms with Crippen molar-refractivity contribution in [2.75, 3.05) is 20.0 Å². The molecule has 7 heteroatoms. The first kappa shape index (κ1) is 14.5. The highest BCUT2D eigenvalue weighted by Crippen LogP contribution is 2.39. The average molecular weight is 348 g/mol. The van der Waals surface area contributed by atoms with Gasteiger partial charge in [-0.05, 0) is 28.1 Å². The van der Waals surface area contributed by atoms with Crippen molar-refractivity contribution in [3.8, 4) is 11.5 Å². The second-order valence-electron chi connectivity index (χ2n) is 4.11. The van der Waals surface area contributed by atoms with Crippen LogP contribution in [0, 0.1) is 0 Å². The molecule has 1 aliphatic heterocycles. The number of hydrogen-bond acceptors (Lipinski definition) is 5. The molecule has 2 N–H and O–H groups in total. The van der Waals surface area contributed by atoms with Gasteiger partial charge in [-0.15, -0.1) is 0 Å². The monoisotopic (exact) mass is 347 g/mol. The number of halogens is 1. The normalized spacial score (nSPS) is 22.3. The number of rotatable bonds is 4. The number of carbonyl (C=O) groups excluding carboxylic acids is 1. The zero-order valence-corrected chi connectivity index (χ0v) is 12.9. The Kier molecular flexibility index (Phi) is 4.59. The van der Waals surface area contributed by atoms with Gasteiger partial charge in [0.05, 0.1) is 24.4 Å². The van der Waals surface area contributed by atoms with Crippen molar-refractivity contribution >= 4 is 33.7 Å². The molecule has 0 unspecified atom stereocenters. The van der Waals surface area contributed by atoms with E-state index in [0.717, 1.165) is 10.0 Å². The van der Waals surface area contributed by atoms with E-state index in [1.165, 1.54) is 0 Å². The lowest BCUT2D eigenvalue weighted by molar-refractivity contribution is -0.690. The quantitative estimate of drug-likeness (QED) is 0.822. The van der Waals surface area contributed by atoms with Crippen LogP contribution < -0.4 is 19.9 Å². The van der Waals surface area contributed by atoms with Crippen LogP contribution >= 0.6 is 27.7 Å². The Hall–Kier alpha value is -0.920. The van der Waals surface area contributed by atoms with Crippen LogP contribution in [0.1, 0.15) is 10.9 Å². The largest absolute Gasteiger partial charge is 0.544 e. The fraction of sp³-hybridized carbons (Fsp3) is 0.417. The maximum absolute atomic E-state index is 10.9. The summed E-state index contributed by atoms with van der Waals surface area (Å²) in [6, 6.07) is 3.30. The van der Waals surface area contributed by atoms with Crippen LogP contribution in [0.5, 0.6) is 11.5 Å². The van der Waals surface area contributed by atoms with E-state index in [2.05, 4.69) is 15.9 Å². The lowest BCUT2D eigenvalue weighted by Gasteiger charge is -2.15. The van der Waals surface area contributed by atoms with Gasteiger partial charge < -0.3 is 24.7 Å². The highest BCUT2D eigenvalue weighted by Gasteiger charge is 2.31. The molecule has 2 atom stereocenters. The fourth-order valence-corrected chi connectivity index (χ4v) is 3.90. The third kappa shape index (κ3) is 2.98. The molecule has 1 heterocycles. The standard InChI is InChI=1S/C12H14BrNO4S/c1-17-9-4-6(3-7(13)10(9)18-2)11-14-8(5-19-11)12(15)16/h3-4,8,11,14H,5H2,1-2H3,(H,15,16)/t8-,11+/m1/s1. The van der Waals surface area contributed by atoms with Crippen LogP contribution in [0.25, 0.3) is 0 Å². The van der Waals surface area contributed by atoms with Crippen LogP contribution in [0.15, 0.2) is 16.6 Å². The molecule has 1 aliphatic rings. The van der Waals surface area contributed by atoms with Crippen molar-refractivity contribution < 1.29 is 24.7 Å². The number of methoxy groups -OCH3 is 2. The predicted molar refractivity (Wildman–Crippen MR) is 73.2 cm³/mol. The molecule has 0 radical (unpaired) electrons. The number of quaternary nitrogens is 1. The average Bonchev–Trinajstić information content (AvgIpc) is 2.87. The lowest BCUT2D eigenvalue weighted by atomic mass is 10.2. The number of benzene rings is 1. The number of hydrogen-bond donors (Lipinski definition) is 1. The second-order valence-corrected chi connectivity index (χ2v) is 6.14. The molecule has 1 aromatic rings. The number of thioether (sulfide) groups is 1. The van der Waals surface area contributed by atoms with E-state index in [-0.39, 0.29) is 5.37 Å². The van der Waals surface area contributed by atoms with Gasteiger partial charge in [0.2, 0.25) is 0 Å². The predicted octanol–water partition coefficient (Wildman–Crippen LogP) is -0.106. The molecule has 0 amide bonds. The van der Waals surface area contributed by atoms with Gasteiger partial charge in [0.25, 0.3) is 0 Å². The number of carbonyl (C=O) groups is 1. The first-order valence-corrected chi connectivity index (χ1v) is 7.50. The van der Waals surface area contributed by atoms with Crippen molar-refractivity contribution in [2.45, 2.75) is 11.4 Å². The molecule has 104 valence electrons. The Morgan fingerprint density at radius 1 is 1.47 bits per heavy atom. The smallest absolute Gasteiger partial charge is 0.174 e. The molecule has 0 aromatic heterocycles. The fourth-order valence-electron chi connectivity index (χ4n) is 1.99. The summed E-state index contributed by atoms with van der Waals surface area (Å²) in [7, 11) is 3.15. The Bertz CT molecular complexity index is 497. The van der Waals surface area contributed by atoms with Crippen LogP contribution in [-0.4, -0.2) is 32.0 Å². The molecule has 0 aliphatic carbocycles. The van der Waals surface area contributed by atoms with E-state index in [1.807, 2.05) is 12.1 Å². The third-order valence-electron chi connectivity index (χ3n) is 2.95. The van der Waals surface area contributed by atoms with Gasteiger partial charge in [-0.1, -0.05) is 11.8 Å². The van der Waals surface area contributed by atoms with E-state index in [9.17, 15) is 9.90 Å². The summed E-state index contributed by atoms with van der Waals surface area (Å²) in [5.74, 6) is 0.775. The van der Waals surface area contributed by atoms with Crippen LogP contribution in [0.4, 0.5) is 0 Å². The number of carboxylic acid groups (broad SMARTS) is 1. The van der Waals surface area contributed by atoms with E-state index < -0.39 is 12.0 Å². The summed E-state index contributed by atoms with van der Waals surface area (Å²) >= 11 is 5.01. The first-order chi connectivity index (χ1) is 9.06. The van der Waals surface area contributed by atoms with Crippen molar-refractivity contribution in [2.24, 2.45) is 0 Å². The SMILES string of the molecule is COc1cc([C@H]2[NH2+][C@@H](C(=O)[O-])CS2)cc(Br)c1OC. The molecule has 1 aromatic carbocycles. The van der Waals surface area contributed by atoms with Crippen LogP contribution in [0.3, 0.4) is 0 Å². The van der Waals surface area contributed by atoms with Gasteiger partial charge in [0, 0.05) is 5.56 Å². The van der Waals surface area contributed by atoms with Gasteiger partial charge in [-0.2, -0.15) is 0 Å². The molecule has 2 rings (SSSR count). The highest BCUT2D eigenvalue weighted by molar-refractivity contribution is 9.10. The molecule has 5 nitrogen and oxygen atoms in total. The van der Waals surface area contributed by atoms with Gasteiger partial charge in [-0.3, -0.25) is 0 Å². The summed E-state index contributed by atoms with van der Waals surface area (Å²) in [6.07, 6.45) is 0. The minimum absolute atomic E-state index is 0.0269. The molecule has 1 saturated heterocycles. The minimum atomic E-state index is -1.02. The number of aliphatic carboxylic acids is 1. The Morgan fingerprint density at radius 2 is 2.21 bits per heavy atom. The lowest BCUT2D eigenvalue weighted by Crippen LogP contribution is -2.90. The Labute approximate surface area is 123 Å². The number of nitrogens with two attached hydrogens (primary N) is 1. The highest BCUT2D eigenvalue weighted by atomic mass is 79.9. The zero-order chi connectivity index (χ0) is 14.0. The van der Waals surface area contributed by atoms with Crippen LogP contribution in [-0.2, 0) is 4.79 Å². The maximum Gasteiger partial charge on any atom is 0.174 e. The molecule has 0 saturated carbocycles. The van der Waals surface area contributed by atoms with Crippen LogP contribution in [0.2, 0.25) is 0 Å². The Balaban J connectivity index is 2.27. The molecule has 19 heavy (non-hydrogen) atoms. The summed E-state index contributed by atoms with van der Waals surface area (Å²) in [6.45, 7) is 0. The van der Waals surface area contributed by atoms with Gasteiger partial charge in [0.1, 0.15) is 12.0 Å². The van der Waals surface area contributed by atoms with E-state index in [1.54, 1.807) is 31.3 Å². The van der Waals surface area contributed by atoms with Gasteiger partial charge in [0.15, 0.2) is 16.9 Å². The third-order valence-corrected chi connectivity index (χ3v) is 4.88. The number of ether oxygens (including phenoxy) is 2. The van der Waals surface area contributed by atoms with E-state index in [0.29, 0.717) is 17.3 Å². The second kappa shape index (κ2) is 6.02. The van der Waals surface area contributed by atoms with Crippen molar-refractivity contribution in [1.82, 2.24) is 0 Å². The molecule has 0 spiro atoms. The molecule has 0 bridgehead atoms. The molecular weight excluding hydrogens is 334 g/mol. The van der Waals surface area contributed by atoms with Crippen molar-refractivity contribution in [3.63, 3.8) is 0 Å². The minimum Gasteiger partial charge on any atom is -0.544 e. The maximum atomic E-state index is 10.9. The Morgan fingerprint density at radius 3 is 2.74 bits per heavy atom. The summed E-state index contributed by atoms with van der Waals surface area (Å²) < 4.78 is 11.3. The van der Waals surface area contributed by atoms with E-state index in [4.69, 9.17) is 9.47 Å². The molecule has 1 fully saturated rings. The van der Waals surface area contributed by atoms with Crippen molar-refractivity contribution in [1.29, 1.82) is 0 Å². The zero-order valence-electron chi connectivity index (χ0n) is 10.5. The summed E-state index contributed by atoms with van der Waals surface area (Å²) in [4.78, 5) is 10.9. The van der Waals surface area contributed by atoms with E-state index >= 15 is 0 Å². The topological polar surface area (TPSA) is 75.2 Å². The number of carboxylic acids is 1. The van der Waals surface area contributed by atoms with Crippen molar-refractivity contribution in [3.05, 3.63) is 22.2 Å². The van der Waals surface area contributed by atoms with Gasteiger partial charge >= 0.3 is 0 Å². The van der Waals surface area contributed by atoms with Gasteiger partial charge in [-0.25, -0.2) is 0 Å². The summed E-state index contributed by atoms with van der Waals surface area (Å²) in [5.41, 5.74) is 0.985. The summed E-state index contributed by atoms with van der Waals surface area (Å²) in [5, 5.41) is 12.7. The first-order valence-electron chi connectivity index (χ1n) is 5.65.